The van der Waals surface area contributed by atoms with Gasteiger partial charge in [0.25, 0.3) is 0 Å². The average molecular weight is 245 g/mol. The molecule has 0 saturated heterocycles. The van der Waals surface area contributed by atoms with Crippen LogP contribution in [0.1, 0.15) is 19.3 Å². The fourth-order valence-electron chi connectivity index (χ4n) is 3.27. The van der Waals surface area contributed by atoms with Crippen molar-refractivity contribution in [3.63, 3.8) is 0 Å². The molecule has 1 aromatic carbocycles. The fourth-order valence-corrected chi connectivity index (χ4v) is 3.27. The maximum atomic E-state index is 6.05. The van der Waals surface area contributed by atoms with Crippen molar-refractivity contribution in [2.75, 3.05) is 36.5 Å². The Bertz CT molecular complexity index is 414. The summed E-state index contributed by atoms with van der Waals surface area (Å²) in [5.74, 6) is 0.812. The second kappa shape index (κ2) is 4.81. The first-order valence-electron chi connectivity index (χ1n) is 7.08. The number of hydrogen-bond donors (Lipinski definition) is 1. The predicted octanol–water partition coefficient (Wildman–Crippen LogP) is 2.07. The molecule has 0 bridgehead atoms. The lowest BCUT2D eigenvalue weighted by atomic mass is 9.78. The molecule has 3 heteroatoms. The highest BCUT2D eigenvalue weighted by atomic mass is 15.3. The van der Waals surface area contributed by atoms with Crippen LogP contribution in [0.3, 0.4) is 0 Å². The van der Waals surface area contributed by atoms with Gasteiger partial charge in [-0.2, -0.15) is 0 Å². The van der Waals surface area contributed by atoms with Crippen molar-refractivity contribution in [3.05, 3.63) is 24.3 Å². The van der Waals surface area contributed by atoms with E-state index in [4.69, 9.17) is 5.73 Å². The Morgan fingerprint density at radius 2 is 1.94 bits per heavy atom. The van der Waals surface area contributed by atoms with Gasteiger partial charge in [-0.3, -0.25) is 0 Å². The number of benzene rings is 1. The minimum atomic E-state index is 0.536. The monoisotopic (exact) mass is 245 g/mol. The summed E-state index contributed by atoms with van der Waals surface area (Å²) in [6.07, 6.45) is 4.10. The molecular weight excluding hydrogens is 222 g/mol. The van der Waals surface area contributed by atoms with Crippen LogP contribution in [-0.4, -0.2) is 32.7 Å². The molecule has 98 valence electrons. The van der Waals surface area contributed by atoms with E-state index in [2.05, 4.69) is 41.1 Å². The molecular formula is C15H23N3. The minimum Gasteiger partial charge on any atom is -0.371 e. The smallest absolute Gasteiger partial charge is 0.0607 e. The van der Waals surface area contributed by atoms with E-state index in [-0.39, 0.29) is 0 Å². The molecule has 18 heavy (non-hydrogen) atoms. The Labute approximate surface area is 110 Å². The van der Waals surface area contributed by atoms with Crippen molar-refractivity contribution in [2.45, 2.75) is 25.3 Å². The summed E-state index contributed by atoms with van der Waals surface area (Å²) in [7, 11) is 2.18. The summed E-state index contributed by atoms with van der Waals surface area (Å²) in [4.78, 5) is 4.90. The number of anilines is 2. The quantitative estimate of drug-likeness (QED) is 0.885. The fraction of sp³-hybridized carbons (Fsp3) is 0.600. The second-order valence-corrected chi connectivity index (χ2v) is 5.60. The molecule has 1 aliphatic heterocycles. The second-order valence-electron chi connectivity index (χ2n) is 5.60. The molecule has 1 aliphatic carbocycles. The van der Waals surface area contributed by atoms with Gasteiger partial charge in [0.05, 0.1) is 11.4 Å². The Balaban J connectivity index is 1.90. The van der Waals surface area contributed by atoms with E-state index in [1.165, 1.54) is 30.6 Å². The molecule has 1 saturated carbocycles. The highest BCUT2D eigenvalue weighted by Gasteiger charge is 2.33. The topological polar surface area (TPSA) is 32.5 Å². The number of hydrogen-bond acceptors (Lipinski definition) is 3. The lowest BCUT2D eigenvalue weighted by molar-refractivity contribution is 0.254. The highest BCUT2D eigenvalue weighted by molar-refractivity contribution is 5.73. The Morgan fingerprint density at radius 1 is 1.22 bits per heavy atom. The number of likely N-dealkylation sites (N-methyl/N-ethyl adjacent to an activating group) is 1. The summed E-state index contributed by atoms with van der Waals surface area (Å²) in [5, 5.41) is 0. The summed E-state index contributed by atoms with van der Waals surface area (Å²) in [6.45, 7) is 2.98. The molecule has 1 heterocycles. The number of rotatable bonds is 3. The van der Waals surface area contributed by atoms with Gasteiger partial charge in [0.2, 0.25) is 0 Å². The van der Waals surface area contributed by atoms with E-state index in [0.717, 1.165) is 25.6 Å². The van der Waals surface area contributed by atoms with Crippen LogP contribution < -0.4 is 15.5 Å². The van der Waals surface area contributed by atoms with Crippen molar-refractivity contribution in [1.82, 2.24) is 0 Å². The van der Waals surface area contributed by atoms with Gasteiger partial charge in [0, 0.05) is 32.7 Å². The molecule has 3 rings (SSSR count). The number of nitrogens with zero attached hydrogens (tertiary/aromatic N) is 2. The summed E-state index contributed by atoms with van der Waals surface area (Å²) >= 11 is 0. The van der Waals surface area contributed by atoms with Crippen LogP contribution in [0.5, 0.6) is 0 Å². The van der Waals surface area contributed by atoms with Crippen LogP contribution >= 0.6 is 0 Å². The molecule has 0 spiro atoms. The van der Waals surface area contributed by atoms with Crippen LogP contribution in [-0.2, 0) is 0 Å². The van der Waals surface area contributed by atoms with E-state index in [0.29, 0.717) is 6.04 Å². The number of fused-ring (bicyclic) bond motifs is 1. The number of nitrogens with two attached hydrogens (primary N) is 1. The first-order valence-corrected chi connectivity index (χ1v) is 7.08. The van der Waals surface area contributed by atoms with Crippen LogP contribution in [0.2, 0.25) is 0 Å². The molecule has 2 aliphatic rings. The third-order valence-corrected chi connectivity index (χ3v) is 4.61. The summed E-state index contributed by atoms with van der Waals surface area (Å²) in [6, 6.07) is 9.26. The van der Waals surface area contributed by atoms with Gasteiger partial charge in [-0.15, -0.1) is 0 Å². The average Bonchev–Trinajstić information content (AvgIpc) is 2.35. The first kappa shape index (κ1) is 11.8. The van der Waals surface area contributed by atoms with E-state index in [1.54, 1.807) is 0 Å². The van der Waals surface area contributed by atoms with Crippen molar-refractivity contribution in [3.8, 4) is 0 Å². The molecule has 1 fully saturated rings. The standard InChI is InChI=1S/C15H23N3/c1-17-9-10-18(14-8-3-2-7-13(14)17)15(11-16)12-5-4-6-12/h2-3,7-8,12,15H,4-6,9-11,16H2,1H3. The van der Waals surface area contributed by atoms with Gasteiger partial charge >= 0.3 is 0 Å². The molecule has 1 aromatic rings. The molecule has 0 radical (unpaired) electrons. The number of para-hydroxylation sites is 2. The summed E-state index contributed by atoms with van der Waals surface area (Å²) < 4.78 is 0. The van der Waals surface area contributed by atoms with Gasteiger partial charge < -0.3 is 15.5 Å². The third kappa shape index (κ3) is 1.87. The molecule has 1 unspecified atom stereocenters. The van der Waals surface area contributed by atoms with E-state index >= 15 is 0 Å². The lowest BCUT2D eigenvalue weighted by Crippen LogP contribution is -2.52. The maximum Gasteiger partial charge on any atom is 0.0607 e. The van der Waals surface area contributed by atoms with Crippen molar-refractivity contribution in [2.24, 2.45) is 11.7 Å². The van der Waals surface area contributed by atoms with Crippen molar-refractivity contribution < 1.29 is 0 Å². The normalized spacial score (nSPS) is 21.4. The maximum absolute atomic E-state index is 6.05. The Morgan fingerprint density at radius 3 is 2.56 bits per heavy atom. The highest BCUT2D eigenvalue weighted by Crippen LogP contribution is 2.38. The van der Waals surface area contributed by atoms with Crippen LogP contribution in [0, 0.1) is 5.92 Å². The van der Waals surface area contributed by atoms with E-state index in [9.17, 15) is 0 Å². The van der Waals surface area contributed by atoms with E-state index < -0.39 is 0 Å². The Hall–Kier alpha value is -1.22. The summed E-state index contributed by atoms with van der Waals surface area (Å²) in [5.41, 5.74) is 8.77. The SMILES string of the molecule is CN1CCN(C(CN)C2CCC2)c2ccccc21. The molecule has 0 aromatic heterocycles. The largest absolute Gasteiger partial charge is 0.371 e. The van der Waals surface area contributed by atoms with Gasteiger partial charge in [-0.25, -0.2) is 0 Å². The third-order valence-electron chi connectivity index (χ3n) is 4.61. The molecule has 3 nitrogen and oxygen atoms in total. The predicted molar refractivity (Wildman–Crippen MR) is 77.2 cm³/mol. The zero-order chi connectivity index (χ0) is 12.5. The zero-order valence-corrected chi connectivity index (χ0v) is 11.2. The zero-order valence-electron chi connectivity index (χ0n) is 11.2. The van der Waals surface area contributed by atoms with Gasteiger partial charge in [-0.05, 0) is 30.9 Å². The lowest BCUT2D eigenvalue weighted by Gasteiger charge is -2.46. The Kier molecular flexibility index (Phi) is 3.16. The molecule has 0 amide bonds. The van der Waals surface area contributed by atoms with Crippen LogP contribution in [0.4, 0.5) is 11.4 Å². The van der Waals surface area contributed by atoms with Crippen LogP contribution in [0.25, 0.3) is 0 Å². The first-order chi connectivity index (χ1) is 8.81. The van der Waals surface area contributed by atoms with Gasteiger partial charge in [-0.1, -0.05) is 18.6 Å². The van der Waals surface area contributed by atoms with Crippen molar-refractivity contribution in [1.29, 1.82) is 0 Å². The van der Waals surface area contributed by atoms with Crippen molar-refractivity contribution >= 4 is 11.4 Å². The molecule has 1 atom stereocenters. The minimum absolute atomic E-state index is 0.536. The van der Waals surface area contributed by atoms with Crippen LogP contribution in [0.15, 0.2) is 24.3 Å². The molecule has 2 N–H and O–H groups in total. The van der Waals surface area contributed by atoms with E-state index in [1.807, 2.05) is 0 Å². The van der Waals surface area contributed by atoms with Gasteiger partial charge in [0.1, 0.15) is 0 Å². The van der Waals surface area contributed by atoms with Gasteiger partial charge in [0.15, 0.2) is 0 Å².